The van der Waals surface area contributed by atoms with Gasteiger partial charge in [-0.1, -0.05) is 0 Å². The predicted molar refractivity (Wildman–Crippen MR) is 147 cm³/mol. The van der Waals surface area contributed by atoms with Crippen molar-refractivity contribution in [2.24, 2.45) is 0 Å². The number of hydrogen-bond donors (Lipinski definition) is 5. The summed E-state index contributed by atoms with van der Waals surface area (Å²) in [6, 6.07) is 1.55. The number of pyridine rings is 1. The van der Waals surface area contributed by atoms with Gasteiger partial charge in [-0.25, -0.2) is 28.5 Å². The number of alkyl halides is 1. The van der Waals surface area contributed by atoms with E-state index in [0.29, 0.717) is 16.9 Å². The van der Waals surface area contributed by atoms with E-state index >= 15 is 4.39 Å². The van der Waals surface area contributed by atoms with Crippen molar-refractivity contribution in [3.8, 4) is 0 Å². The largest absolute Gasteiger partial charge is 0.472 e. The van der Waals surface area contributed by atoms with Crippen LogP contribution in [0.3, 0.4) is 0 Å². The van der Waals surface area contributed by atoms with Crippen molar-refractivity contribution < 1.29 is 55.6 Å². The molecular formula is C22H24FN9O12P2. The Morgan fingerprint density at radius 1 is 0.978 bits per heavy atom. The first-order chi connectivity index (χ1) is 21.8. The molecule has 0 amide bonds. The molecule has 4 saturated heterocycles. The maximum absolute atomic E-state index is 15.8. The van der Waals surface area contributed by atoms with Gasteiger partial charge in [0, 0.05) is 6.20 Å². The number of nitrogens with zero attached hydrogens (tertiary/aromatic N) is 6. The van der Waals surface area contributed by atoms with E-state index in [9.17, 15) is 23.7 Å². The molecule has 10 atom stereocenters. The molecule has 4 bridgehead atoms. The number of ether oxygens (including phenoxy) is 3. The molecule has 0 aromatic carbocycles. The number of hydrogen-bond acceptors (Lipinski definition) is 16. The predicted octanol–water partition coefficient (Wildman–Crippen LogP) is -0.351. The number of aromatic nitrogens is 7. The molecule has 246 valence electrons. The summed E-state index contributed by atoms with van der Waals surface area (Å²) in [5, 5.41) is 0. The van der Waals surface area contributed by atoms with E-state index in [1.54, 1.807) is 6.07 Å². The van der Waals surface area contributed by atoms with Gasteiger partial charge in [-0.2, -0.15) is 4.98 Å². The number of nitrogens with two attached hydrogens (primary N) is 2. The molecule has 24 heteroatoms. The van der Waals surface area contributed by atoms with Gasteiger partial charge in [-0.15, -0.1) is 0 Å². The Balaban J connectivity index is 1.14. The molecule has 46 heavy (non-hydrogen) atoms. The third-order valence-corrected chi connectivity index (χ3v) is 10.0. The number of aromatic amines is 1. The molecule has 21 nitrogen and oxygen atoms in total. The van der Waals surface area contributed by atoms with Crippen LogP contribution in [0.15, 0.2) is 29.7 Å². The van der Waals surface area contributed by atoms with Gasteiger partial charge in [0.05, 0.1) is 38.2 Å². The van der Waals surface area contributed by atoms with Gasteiger partial charge in [0.1, 0.15) is 35.5 Å². The van der Waals surface area contributed by atoms with Crippen LogP contribution in [0.25, 0.3) is 22.3 Å². The monoisotopic (exact) mass is 687 g/mol. The highest BCUT2D eigenvalue weighted by atomic mass is 31.2. The molecule has 4 fully saturated rings. The summed E-state index contributed by atoms with van der Waals surface area (Å²) in [5.74, 6) is -0.299. The van der Waals surface area contributed by atoms with E-state index in [-0.39, 0.29) is 23.7 Å². The fourth-order valence-corrected chi connectivity index (χ4v) is 7.99. The molecule has 0 saturated carbocycles. The smallest absolute Gasteiger partial charge is 0.397 e. The maximum atomic E-state index is 15.8. The fraction of sp³-hybridized carbons (Fsp3) is 0.500. The number of nitrogen functional groups attached to an aromatic ring is 2. The zero-order valence-electron chi connectivity index (χ0n) is 23.1. The first kappa shape index (κ1) is 30.0. The Morgan fingerprint density at radius 3 is 2.52 bits per heavy atom. The third kappa shape index (κ3) is 4.68. The summed E-state index contributed by atoms with van der Waals surface area (Å²) in [7, 11) is -10.2. The van der Waals surface area contributed by atoms with Crippen molar-refractivity contribution in [1.29, 1.82) is 0 Å². The van der Waals surface area contributed by atoms with Crippen LogP contribution in [0, 0.1) is 0 Å². The van der Waals surface area contributed by atoms with E-state index in [2.05, 4.69) is 24.9 Å². The minimum absolute atomic E-state index is 0.163. The molecule has 7 N–H and O–H groups in total. The summed E-state index contributed by atoms with van der Waals surface area (Å²) < 4.78 is 84.0. The lowest BCUT2D eigenvalue weighted by molar-refractivity contribution is -0.184. The van der Waals surface area contributed by atoms with Crippen LogP contribution in [0.5, 0.6) is 0 Å². The van der Waals surface area contributed by atoms with Crippen molar-refractivity contribution in [2.75, 3.05) is 31.3 Å². The lowest BCUT2D eigenvalue weighted by atomic mass is 10.0. The lowest BCUT2D eigenvalue weighted by Crippen LogP contribution is -2.45. The van der Waals surface area contributed by atoms with Gasteiger partial charge >= 0.3 is 15.6 Å². The van der Waals surface area contributed by atoms with Crippen LogP contribution in [0.2, 0.25) is 0 Å². The number of imidazole rings is 2. The Bertz CT molecular complexity index is 2030. The molecule has 4 aliphatic rings. The fourth-order valence-electron chi connectivity index (χ4n) is 6.03. The van der Waals surface area contributed by atoms with Crippen molar-refractivity contribution in [2.45, 2.75) is 48.6 Å². The second kappa shape index (κ2) is 10.3. The van der Waals surface area contributed by atoms with E-state index in [0.717, 1.165) is 10.9 Å². The summed E-state index contributed by atoms with van der Waals surface area (Å²) in [6.45, 7) is -1.98. The van der Waals surface area contributed by atoms with E-state index in [1.807, 2.05) is 0 Å². The normalized spacial score (nSPS) is 39.7. The first-order valence-corrected chi connectivity index (χ1v) is 16.5. The number of phosphoric acid groups is 2. The highest BCUT2D eigenvalue weighted by Gasteiger charge is 2.66. The van der Waals surface area contributed by atoms with Crippen molar-refractivity contribution in [1.82, 2.24) is 34.1 Å². The minimum atomic E-state index is -5.18. The van der Waals surface area contributed by atoms with Gasteiger partial charge < -0.3 is 35.5 Å². The number of rotatable bonds is 2. The highest BCUT2D eigenvalue weighted by Crippen LogP contribution is 2.58. The molecule has 0 spiro atoms. The Labute approximate surface area is 254 Å². The van der Waals surface area contributed by atoms with Crippen molar-refractivity contribution in [3.63, 3.8) is 0 Å². The molecule has 8 heterocycles. The molecule has 4 aromatic heterocycles. The average Bonchev–Trinajstić information content (AvgIpc) is 3.80. The maximum Gasteiger partial charge on any atom is 0.472 e. The number of fused-ring (bicyclic) bond motifs is 4. The quantitative estimate of drug-likeness (QED) is 0.168. The van der Waals surface area contributed by atoms with Gasteiger partial charge in [-0.3, -0.25) is 37.0 Å². The minimum Gasteiger partial charge on any atom is -0.397 e. The summed E-state index contributed by atoms with van der Waals surface area (Å²) in [5.41, 5.74) is 9.79. The number of halogens is 1. The lowest BCUT2D eigenvalue weighted by Gasteiger charge is -2.32. The third-order valence-electron chi connectivity index (χ3n) is 8.10. The summed E-state index contributed by atoms with van der Waals surface area (Å²) >= 11 is 0. The summed E-state index contributed by atoms with van der Waals surface area (Å²) in [4.78, 5) is 52.6. The Morgan fingerprint density at radius 2 is 1.72 bits per heavy atom. The van der Waals surface area contributed by atoms with Crippen LogP contribution in [0.4, 0.5) is 16.0 Å². The second-order valence-corrected chi connectivity index (χ2v) is 13.8. The van der Waals surface area contributed by atoms with Crippen LogP contribution in [-0.2, 0) is 41.4 Å². The first-order valence-electron chi connectivity index (χ1n) is 13.5. The zero-order valence-corrected chi connectivity index (χ0v) is 24.8. The van der Waals surface area contributed by atoms with Crippen LogP contribution >= 0.6 is 15.6 Å². The van der Waals surface area contributed by atoms with Gasteiger partial charge in [-0.05, 0) is 6.07 Å². The van der Waals surface area contributed by atoms with Crippen molar-refractivity contribution >= 4 is 49.6 Å². The summed E-state index contributed by atoms with van der Waals surface area (Å²) in [6.07, 6.45) is -7.10. The van der Waals surface area contributed by atoms with Crippen LogP contribution < -0.4 is 17.0 Å². The van der Waals surface area contributed by atoms with Gasteiger partial charge in [0.15, 0.2) is 35.4 Å². The second-order valence-electron chi connectivity index (χ2n) is 11.0. The Kier molecular flexibility index (Phi) is 6.71. The molecular weight excluding hydrogens is 663 g/mol. The highest BCUT2D eigenvalue weighted by molar-refractivity contribution is 7.47. The van der Waals surface area contributed by atoms with Crippen molar-refractivity contribution in [3.05, 3.63) is 35.3 Å². The average molecular weight is 687 g/mol. The number of phosphoric ester groups is 2. The zero-order chi connectivity index (χ0) is 32.2. The number of nitrogens with one attached hydrogen (secondary N) is 1. The number of H-pyrrole nitrogens is 1. The number of anilines is 2. The van der Waals surface area contributed by atoms with Gasteiger partial charge in [0.25, 0.3) is 5.56 Å². The van der Waals surface area contributed by atoms with E-state index in [4.69, 9.17) is 43.8 Å². The van der Waals surface area contributed by atoms with Crippen LogP contribution in [-0.4, -0.2) is 99.9 Å². The van der Waals surface area contributed by atoms with Crippen LogP contribution in [0.1, 0.15) is 12.5 Å². The molecule has 2 unspecified atom stereocenters. The Hall–Kier alpha value is -3.40. The molecule has 0 radical (unpaired) electrons. The molecule has 8 rings (SSSR count). The molecule has 4 aromatic rings. The van der Waals surface area contributed by atoms with Gasteiger partial charge in [0.2, 0.25) is 5.95 Å². The van der Waals surface area contributed by atoms with E-state index < -0.39 is 83.1 Å². The standard InChI is InChI=1S/C22H24FN9O12P2/c23-10-9-3-39-45(34,35)44-15-14-20(31-6-27-11-8(24)1-2-26-16(11)31)42-22(15,4-38-14)5-40-46(36,37)43-13(10)19(41-9)32-7-28-12-17(32)29-21(25)30-18(12)33/h1-2,6-7,9-10,13-15,19-20H,3-5H2,(H2,24,26)(H,34,35)(H,36,37)(H3,25,29,30,33)/t9-,10+,13-,14-,15+,19-,20-,22-/m1/s1. The molecule has 4 aliphatic heterocycles. The molecule has 0 aliphatic carbocycles. The topological polar surface area (TPSA) is 286 Å². The SMILES string of the molecule is Nc1nc2c(ncn2[C@@H]2O[C@@H]3COP(=O)(O)O[C@H]4[C@H]5OC[C@]4(COP(=O)(O)O[C@@H]2[C@H]3F)O[C@H]5n2cnc3c(N)ccnc32)c(=O)[nH]1. The van der Waals surface area contributed by atoms with E-state index in [1.165, 1.54) is 17.1 Å².